The summed E-state index contributed by atoms with van der Waals surface area (Å²) in [5.74, 6) is -1.57. The van der Waals surface area contributed by atoms with E-state index in [1.54, 1.807) is 35.7 Å². The number of amides is 1. The summed E-state index contributed by atoms with van der Waals surface area (Å²) in [5.41, 5.74) is 0.987. The molecule has 3 heterocycles. The molecule has 0 radical (unpaired) electrons. The first-order chi connectivity index (χ1) is 16.2. The van der Waals surface area contributed by atoms with Crippen molar-refractivity contribution in [3.05, 3.63) is 68.0 Å². The molecule has 2 N–H and O–H groups in total. The Bertz CT molecular complexity index is 1230. The number of nitrogens with zero attached hydrogens (tertiary/aromatic N) is 2. The lowest BCUT2D eigenvalue weighted by molar-refractivity contribution is -0.147. The number of aliphatic imine (C=N–C) groups is 1. The Morgan fingerprint density at radius 2 is 1.91 bits per heavy atom. The summed E-state index contributed by atoms with van der Waals surface area (Å²) in [5, 5.41) is 13.4. The van der Waals surface area contributed by atoms with E-state index in [0.717, 1.165) is 4.88 Å². The van der Waals surface area contributed by atoms with Gasteiger partial charge in [0.05, 0.1) is 10.8 Å². The van der Waals surface area contributed by atoms with Crippen molar-refractivity contribution in [2.45, 2.75) is 12.7 Å². The quantitative estimate of drug-likeness (QED) is 0.370. The van der Waals surface area contributed by atoms with Gasteiger partial charge in [-0.1, -0.05) is 30.3 Å². The predicted molar refractivity (Wildman–Crippen MR) is 125 cm³/mol. The number of rotatable bonds is 6. The second-order valence-electron chi connectivity index (χ2n) is 7.77. The number of benzene rings is 1. The van der Waals surface area contributed by atoms with Crippen LogP contribution in [0.5, 0.6) is 0 Å². The van der Waals surface area contributed by atoms with Crippen LogP contribution in [0.15, 0.2) is 52.8 Å². The van der Waals surface area contributed by atoms with E-state index in [0.29, 0.717) is 42.1 Å². The number of thiophene rings is 2. The van der Waals surface area contributed by atoms with Crippen molar-refractivity contribution in [2.75, 3.05) is 20.1 Å². The Hall–Kier alpha value is -3.02. The molecular formula is C23H20F3N3O3S2. The summed E-state index contributed by atoms with van der Waals surface area (Å²) in [7, 11) is 1.49. The van der Waals surface area contributed by atoms with Gasteiger partial charge in [0.1, 0.15) is 10.7 Å². The molecule has 0 aliphatic carbocycles. The van der Waals surface area contributed by atoms with Crippen LogP contribution in [0.4, 0.5) is 13.2 Å². The fourth-order valence-corrected chi connectivity index (χ4v) is 5.49. The number of carbonyl (C=O) groups excluding carboxylic acids is 1. The Morgan fingerprint density at radius 1 is 1.21 bits per heavy atom. The molecule has 6 nitrogen and oxygen atoms in total. The fraction of sp³-hybridized carbons (Fsp3) is 0.261. The first kappa shape index (κ1) is 24.1. The maximum atomic E-state index is 13.6. The topological polar surface area (TPSA) is 82.0 Å². The number of carboxylic acids is 1. The van der Waals surface area contributed by atoms with Crippen LogP contribution in [-0.2, 0) is 17.5 Å². The highest BCUT2D eigenvalue weighted by Gasteiger charge is 2.37. The summed E-state index contributed by atoms with van der Waals surface area (Å²) in [6.07, 6.45) is -4.59. The Labute approximate surface area is 201 Å². The maximum absolute atomic E-state index is 13.6. The van der Waals surface area contributed by atoms with Gasteiger partial charge >= 0.3 is 12.1 Å². The number of alkyl halides is 3. The van der Waals surface area contributed by atoms with Gasteiger partial charge in [-0.15, -0.1) is 22.7 Å². The van der Waals surface area contributed by atoms with Crippen LogP contribution >= 0.6 is 22.7 Å². The minimum absolute atomic E-state index is 0.0368. The Kier molecular flexibility index (Phi) is 6.87. The summed E-state index contributed by atoms with van der Waals surface area (Å²) < 4.78 is 40.9. The number of amidine groups is 1. The number of likely N-dealkylation sites (tertiary alicyclic amines) is 1. The largest absolute Gasteiger partial charge is 0.481 e. The number of halogens is 3. The molecule has 1 amide bonds. The standard InChI is InChI=1S/C23H20F3N3O3S2/c1-27-20(14-7-16(33-12-14)11-29-9-15(10-29)22(31)32)28-21(30)18-8-17(13-5-3-2-4-6-13)19(34-18)23(24,25)26/h2-8,12,15H,9-11H2,1H3,(H,31,32)(H,27,28,30). The molecule has 1 fully saturated rings. The normalized spacial score (nSPS) is 15.2. The van der Waals surface area contributed by atoms with Crippen LogP contribution in [0.3, 0.4) is 0 Å². The molecule has 34 heavy (non-hydrogen) atoms. The van der Waals surface area contributed by atoms with Gasteiger partial charge in [-0.25, -0.2) is 0 Å². The van der Waals surface area contributed by atoms with Gasteiger partial charge < -0.3 is 10.4 Å². The fourth-order valence-electron chi connectivity index (χ4n) is 3.64. The highest BCUT2D eigenvalue weighted by molar-refractivity contribution is 7.14. The second-order valence-corrected chi connectivity index (χ2v) is 9.82. The smallest absolute Gasteiger partial charge is 0.426 e. The molecule has 0 atom stereocenters. The van der Waals surface area contributed by atoms with E-state index in [9.17, 15) is 22.8 Å². The molecule has 0 unspecified atom stereocenters. The third-order valence-electron chi connectivity index (χ3n) is 5.37. The van der Waals surface area contributed by atoms with Crippen LogP contribution in [0.2, 0.25) is 0 Å². The second kappa shape index (κ2) is 9.69. The average molecular weight is 508 g/mol. The lowest BCUT2D eigenvalue weighted by atomic mass is 10.0. The number of hydrogen-bond donors (Lipinski definition) is 2. The third-order valence-corrected chi connectivity index (χ3v) is 7.47. The van der Waals surface area contributed by atoms with Crippen LogP contribution in [0.1, 0.15) is 25.0 Å². The van der Waals surface area contributed by atoms with Gasteiger partial charge in [0.2, 0.25) is 0 Å². The molecule has 11 heteroatoms. The molecule has 0 spiro atoms. The molecular weight excluding hydrogens is 487 g/mol. The Balaban J connectivity index is 1.48. The zero-order valence-corrected chi connectivity index (χ0v) is 19.6. The summed E-state index contributed by atoms with van der Waals surface area (Å²) in [6, 6.07) is 11.2. The molecule has 1 aliphatic heterocycles. The van der Waals surface area contributed by atoms with E-state index in [1.165, 1.54) is 24.5 Å². The van der Waals surface area contributed by atoms with Crippen LogP contribution in [-0.4, -0.2) is 47.9 Å². The SMILES string of the molecule is CN=C(NC(=O)c1cc(-c2ccccc2)c(C(F)(F)F)s1)c1csc(CN2CC(C(=O)O)C2)c1. The van der Waals surface area contributed by atoms with Crippen molar-refractivity contribution in [3.8, 4) is 11.1 Å². The van der Waals surface area contributed by atoms with Gasteiger partial charge in [0.25, 0.3) is 5.91 Å². The van der Waals surface area contributed by atoms with E-state index < -0.39 is 22.9 Å². The molecule has 1 aliphatic rings. The first-order valence-corrected chi connectivity index (χ1v) is 11.9. The zero-order chi connectivity index (χ0) is 24.5. The molecule has 0 bridgehead atoms. The van der Waals surface area contributed by atoms with Gasteiger partial charge in [-0.2, -0.15) is 13.2 Å². The average Bonchev–Trinajstić information content (AvgIpc) is 3.42. The van der Waals surface area contributed by atoms with Gasteiger partial charge in [0.15, 0.2) is 0 Å². The predicted octanol–water partition coefficient (Wildman–Crippen LogP) is 4.82. The van der Waals surface area contributed by atoms with E-state index >= 15 is 0 Å². The lowest BCUT2D eigenvalue weighted by Crippen LogP contribution is -2.49. The number of hydrogen-bond acceptors (Lipinski definition) is 6. The summed E-state index contributed by atoms with van der Waals surface area (Å²) in [6.45, 7) is 1.55. The van der Waals surface area contributed by atoms with Gasteiger partial charge in [-0.3, -0.25) is 19.5 Å². The highest BCUT2D eigenvalue weighted by Crippen LogP contribution is 2.42. The summed E-state index contributed by atoms with van der Waals surface area (Å²) >= 11 is 1.84. The summed E-state index contributed by atoms with van der Waals surface area (Å²) in [4.78, 5) is 30.0. The molecule has 1 aromatic carbocycles. The van der Waals surface area contributed by atoms with Gasteiger partial charge in [-0.05, 0) is 17.7 Å². The van der Waals surface area contributed by atoms with Crippen LogP contribution < -0.4 is 5.32 Å². The van der Waals surface area contributed by atoms with Crippen molar-refractivity contribution in [3.63, 3.8) is 0 Å². The molecule has 0 saturated carbocycles. The third kappa shape index (κ3) is 5.21. The Morgan fingerprint density at radius 3 is 2.53 bits per heavy atom. The molecule has 4 rings (SSSR count). The zero-order valence-electron chi connectivity index (χ0n) is 17.9. The van der Waals surface area contributed by atoms with Crippen molar-refractivity contribution in [1.82, 2.24) is 10.2 Å². The first-order valence-electron chi connectivity index (χ1n) is 10.2. The van der Waals surface area contributed by atoms with E-state index in [-0.39, 0.29) is 22.2 Å². The van der Waals surface area contributed by atoms with Crippen LogP contribution in [0, 0.1) is 5.92 Å². The molecule has 2 aromatic heterocycles. The number of nitrogens with one attached hydrogen (secondary N) is 1. The number of carboxylic acid groups (broad SMARTS) is 1. The van der Waals surface area contributed by atoms with Crippen molar-refractivity contribution in [1.29, 1.82) is 0 Å². The number of aliphatic carboxylic acids is 1. The molecule has 3 aromatic rings. The van der Waals surface area contributed by atoms with Crippen molar-refractivity contribution >= 4 is 40.4 Å². The minimum Gasteiger partial charge on any atom is -0.481 e. The minimum atomic E-state index is -4.59. The van der Waals surface area contributed by atoms with Crippen molar-refractivity contribution in [2.24, 2.45) is 10.9 Å². The van der Waals surface area contributed by atoms with Crippen LogP contribution in [0.25, 0.3) is 11.1 Å². The molecule has 178 valence electrons. The van der Waals surface area contributed by atoms with E-state index in [2.05, 4.69) is 10.3 Å². The monoisotopic (exact) mass is 507 g/mol. The number of carbonyl (C=O) groups is 2. The van der Waals surface area contributed by atoms with E-state index in [1.807, 2.05) is 11.0 Å². The molecule has 1 saturated heterocycles. The lowest BCUT2D eigenvalue weighted by Gasteiger charge is -2.36. The van der Waals surface area contributed by atoms with Gasteiger partial charge in [0, 0.05) is 48.1 Å². The van der Waals surface area contributed by atoms with E-state index in [4.69, 9.17) is 5.11 Å². The highest BCUT2D eigenvalue weighted by atomic mass is 32.1. The van der Waals surface area contributed by atoms with Crippen molar-refractivity contribution < 1.29 is 27.9 Å². The maximum Gasteiger partial charge on any atom is 0.426 e.